The van der Waals surface area contributed by atoms with Crippen molar-refractivity contribution in [1.29, 1.82) is 0 Å². The molecule has 1 unspecified atom stereocenters. The number of nitrogens with two attached hydrogens (primary N) is 1. The molecule has 8 heteroatoms. The van der Waals surface area contributed by atoms with E-state index in [2.05, 4.69) is 16.0 Å². The number of rotatable bonds is 8. The Kier molecular flexibility index (Phi) is 9.82. The zero-order valence-corrected chi connectivity index (χ0v) is 16.4. The Hall–Kier alpha value is -2.12. The third kappa shape index (κ3) is 7.19. The van der Waals surface area contributed by atoms with Crippen LogP contribution >= 0.6 is 12.4 Å². The number of carbonyl (C=O) groups excluding carboxylic acids is 3. The lowest BCUT2D eigenvalue weighted by Gasteiger charge is -2.17. The van der Waals surface area contributed by atoms with Gasteiger partial charge in [-0.15, -0.1) is 12.4 Å². The standard InChI is InChI=1S/C19H28N4O3.ClH/c1-13(22-18(25)14-6-2-3-7-14)12-17(24)23-16-9-5-4-8-15(16)19(26)21-11-10-20;/h4-5,8-9,13-14H,2-3,6-7,10-12,20H2,1H3,(H,21,26)(H,22,25)(H,23,24);1H. The molecule has 1 fully saturated rings. The SMILES string of the molecule is CC(CC(=O)Nc1ccccc1C(=O)NCCN)NC(=O)C1CCCC1.Cl. The molecule has 1 aromatic rings. The minimum absolute atomic E-state index is 0. The lowest BCUT2D eigenvalue weighted by molar-refractivity contribution is -0.125. The number of benzene rings is 1. The van der Waals surface area contributed by atoms with Crippen LogP contribution in [0.3, 0.4) is 0 Å². The van der Waals surface area contributed by atoms with Crippen molar-refractivity contribution in [2.75, 3.05) is 18.4 Å². The van der Waals surface area contributed by atoms with Crippen LogP contribution in [-0.2, 0) is 9.59 Å². The molecule has 0 aliphatic heterocycles. The number of amides is 3. The molecule has 1 aliphatic rings. The fourth-order valence-corrected chi connectivity index (χ4v) is 3.15. The van der Waals surface area contributed by atoms with E-state index >= 15 is 0 Å². The van der Waals surface area contributed by atoms with Crippen molar-refractivity contribution >= 4 is 35.8 Å². The van der Waals surface area contributed by atoms with Crippen molar-refractivity contribution in [3.05, 3.63) is 29.8 Å². The molecule has 1 saturated carbocycles. The topological polar surface area (TPSA) is 113 Å². The average Bonchev–Trinajstić information content (AvgIpc) is 3.14. The molecule has 0 spiro atoms. The monoisotopic (exact) mass is 396 g/mol. The summed E-state index contributed by atoms with van der Waals surface area (Å²) < 4.78 is 0. The maximum atomic E-state index is 12.3. The fraction of sp³-hybridized carbons (Fsp3) is 0.526. The highest BCUT2D eigenvalue weighted by atomic mass is 35.5. The second-order valence-electron chi connectivity index (χ2n) is 6.73. The Morgan fingerprint density at radius 2 is 1.85 bits per heavy atom. The van der Waals surface area contributed by atoms with Gasteiger partial charge in [0.15, 0.2) is 0 Å². The predicted octanol–water partition coefficient (Wildman–Crippen LogP) is 1.82. The molecule has 2 rings (SSSR count). The zero-order chi connectivity index (χ0) is 18.9. The van der Waals surface area contributed by atoms with Crippen LogP contribution in [0.4, 0.5) is 5.69 Å². The van der Waals surface area contributed by atoms with Gasteiger partial charge >= 0.3 is 0 Å². The molecule has 0 aromatic heterocycles. The number of halogens is 1. The highest BCUT2D eigenvalue weighted by Gasteiger charge is 2.24. The summed E-state index contributed by atoms with van der Waals surface area (Å²) in [6.45, 7) is 2.52. The normalized spacial score (nSPS) is 14.7. The Morgan fingerprint density at radius 1 is 1.19 bits per heavy atom. The van der Waals surface area contributed by atoms with Gasteiger partial charge in [0.05, 0.1) is 11.3 Å². The average molecular weight is 397 g/mol. The van der Waals surface area contributed by atoms with Gasteiger partial charge in [-0.1, -0.05) is 25.0 Å². The first-order valence-corrected chi connectivity index (χ1v) is 9.18. The van der Waals surface area contributed by atoms with Crippen LogP contribution in [0.5, 0.6) is 0 Å². The van der Waals surface area contributed by atoms with E-state index in [1.54, 1.807) is 24.3 Å². The Morgan fingerprint density at radius 3 is 2.52 bits per heavy atom. The van der Waals surface area contributed by atoms with Gasteiger partial charge in [0.25, 0.3) is 5.91 Å². The number of para-hydroxylation sites is 1. The van der Waals surface area contributed by atoms with Crippen molar-refractivity contribution in [1.82, 2.24) is 10.6 Å². The van der Waals surface area contributed by atoms with E-state index in [4.69, 9.17) is 5.73 Å². The van der Waals surface area contributed by atoms with Gasteiger partial charge in [0.2, 0.25) is 11.8 Å². The Labute approximate surface area is 166 Å². The fourth-order valence-electron chi connectivity index (χ4n) is 3.15. The van der Waals surface area contributed by atoms with Crippen molar-refractivity contribution in [3.63, 3.8) is 0 Å². The van der Waals surface area contributed by atoms with Gasteiger partial charge < -0.3 is 21.7 Å². The number of carbonyl (C=O) groups is 3. The van der Waals surface area contributed by atoms with E-state index in [-0.39, 0.29) is 48.5 Å². The summed E-state index contributed by atoms with van der Waals surface area (Å²) in [4.78, 5) is 36.6. The van der Waals surface area contributed by atoms with Crippen LogP contribution in [-0.4, -0.2) is 36.9 Å². The minimum atomic E-state index is -0.283. The van der Waals surface area contributed by atoms with Gasteiger partial charge in [-0.25, -0.2) is 0 Å². The quantitative estimate of drug-likeness (QED) is 0.536. The molecular formula is C19H29ClN4O3. The van der Waals surface area contributed by atoms with Crippen LogP contribution in [0.15, 0.2) is 24.3 Å². The van der Waals surface area contributed by atoms with Crippen molar-refractivity contribution in [2.45, 2.75) is 45.1 Å². The molecule has 7 nitrogen and oxygen atoms in total. The molecule has 5 N–H and O–H groups in total. The number of anilines is 1. The molecule has 0 radical (unpaired) electrons. The summed E-state index contributed by atoms with van der Waals surface area (Å²) in [5.74, 6) is -0.422. The first-order valence-electron chi connectivity index (χ1n) is 9.18. The number of hydrogen-bond acceptors (Lipinski definition) is 4. The first-order chi connectivity index (χ1) is 12.5. The van der Waals surface area contributed by atoms with E-state index in [1.165, 1.54) is 0 Å². The summed E-state index contributed by atoms with van der Waals surface area (Å²) in [5, 5.41) is 8.36. The molecular weight excluding hydrogens is 368 g/mol. The number of hydrogen-bond donors (Lipinski definition) is 4. The van der Waals surface area contributed by atoms with Gasteiger partial charge in [-0.2, -0.15) is 0 Å². The third-order valence-corrected chi connectivity index (χ3v) is 4.48. The smallest absolute Gasteiger partial charge is 0.253 e. The third-order valence-electron chi connectivity index (χ3n) is 4.48. The van der Waals surface area contributed by atoms with Gasteiger partial charge in [0.1, 0.15) is 0 Å². The molecule has 0 bridgehead atoms. The largest absolute Gasteiger partial charge is 0.353 e. The van der Waals surface area contributed by atoms with Gasteiger partial charge in [-0.05, 0) is 31.9 Å². The molecule has 0 saturated heterocycles. The van der Waals surface area contributed by atoms with Crippen molar-refractivity contribution in [2.24, 2.45) is 11.7 Å². The van der Waals surface area contributed by atoms with Crippen LogP contribution < -0.4 is 21.7 Å². The van der Waals surface area contributed by atoms with E-state index in [0.29, 0.717) is 24.3 Å². The lowest BCUT2D eigenvalue weighted by atomic mass is 10.1. The van der Waals surface area contributed by atoms with Crippen LogP contribution in [0, 0.1) is 5.92 Å². The summed E-state index contributed by atoms with van der Waals surface area (Å²) >= 11 is 0. The zero-order valence-electron chi connectivity index (χ0n) is 15.6. The molecule has 150 valence electrons. The van der Waals surface area contributed by atoms with Crippen LogP contribution in [0.25, 0.3) is 0 Å². The maximum Gasteiger partial charge on any atom is 0.253 e. The highest BCUT2D eigenvalue weighted by molar-refractivity contribution is 6.03. The molecule has 1 atom stereocenters. The lowest BCUT2D eigenvalue weighted by Crippen LogP contribution is -2.38. The molecule has 3 amide bonds. The van der Waals surface area contributed by atoms with E-state index < -0.39 is 0 Å². The highest BCUT2D eigenvalue weighted by Crippen LogP contribution is 2.24. The second kappa shape index (κ2) is 11.6. The van der Waals surface area contributed by atoms with E-state index in [1.807, 2.05) is 6.92 Å². The van der Waals surface area contributed by atoms with Crippen molar-refractivity contribution < 1.29 is 14.4 Å². The molecule has 27 heavy (non-hydrogen) atoms. The number of nitrogens with one attached hydrogen (secondary N) is 3. The summed E-state index contributed by atoms with van der Waals surface area (Å²) in [7, 11) is 0. The minimum Gasteiger partial charge on any atom is -0.353 e. The van der Waals surface area contributed by atoms with E-state index in [0.717, 1.165) is 25.7 Å². The molecule has 0 heterocycles. The predicted molar refractivity (Wildman–Crippen MR) is 108 cm³/mol. The molecule has 1 aromatic carbocycles. The Bertz CT molecular complexity index is 648. The van der Waals surface area contributed by atoms with Crippen molar-refractivity contribution in [3.8, 4) is 0 Å². The van der Waals surface area contributed by atoms with Gasteiger partial charge in [-0.3, -0.25) is 14.4 Å². The second-order valence-corrected chi connectivity index (χ2v) is 6.73. The summed E-state index contributed by atoms with van der Waals surface area (Å²) in [6.07, 6.45) is 4.19. The Balaban J connectivity index is 0.00000364. The van der Waals surface area contributed by atoms with E-state index in [9.17, 15) is 14.4 Å². The summed E-state index contributed by atoms with van der Waals surface area (Å²) in [6, 6.07) is 6.54. The van der Waals surface area contributed by atoms with Gasteiger partial charge in [0, 0.05) is 31.5 Å². The maximum absolute atomic E-state index is 12.3. The summed E-state index contributed by atoms with van der Waals surface area (Å²) in [5.41, 5.74) is 6.23. The first kappa shape index (κ1) is 22.9. The van der Waals surface area contributed by atoms with Crippen LogP contribution in [0.1, 0.15) is 49.4 Å². The molecule has 1 aliphatic carbocycles. The van der Waals surface area contributed by atoms with Crippen LogP contribution in [0.2, 0.25) is 0 Å².